The Kier molecular flexibility index (Phi) is 8.84. The van der Waals surface area contributed by atoms with Crippen LogP contribution in [0.4, 0.5) is 5.69 Å². The zero-order chi connectivity index (χ0) is 16.7. The number of nitrogens with one attached hydrogen (secondary N) is 1. The van der Waals surface area contributed by atoms with Gasteiger partial charge in [-0.3, -0.25) is 0 Å². The highest BCUT2D eigenvalue weighted by Crippen LogP contribution is 2.23. The fourth-order valence-corrected chi connectivity index (χ4v) is 2.03. The van der Waals surface area contributed by atoms with E-state index in [9.17, 15) is 0 Å². The quantitative estimate of drug-likeness (QED) is 0.383. The Hall–Kier alpha value is -1.54. The maximum atomic E-state index is 6.18. The number of anilines is 1. The largest absolute Gasteiger partial charge is 0.476 e. The number of guanidine groups is 1. The van der Waals surface area contributed by atoms with Gasteiger partial charge in [-0.25, -0.2) is 9.98 Å². The summed E-state index contributed by atoms with van der Waals surface area (Å²) in [6, 6.07) is 11.4. The number of ether oxygens (including phenoxy) is 1. The van der Waals surface area contributed by atoms with Gasteiger partial charge in [0.2, 0.25) is 5.88 Å². The van der Waals surface area contributed by atoms with Crippen molar-refractivity contribution in [2.24, 2.45) is 16.6 Å². The van der Waals surface area contributed by atoms with E-state index in [0.717, 1.165) is 11.3 Å². The van der Waals surface area contributed by atoms with Gasteiger partial charge in [0.05, 0.1) is 13.2 Å². The summed E-state index contributed by atoms with van der Waals surface area (Å²) in [5, 5.41) is 3.50. The number of pyridine rings is 1. The third kappa shape index (κ3) is 6.92. The summed E-state index contributed by atoms with van der Waals surface area (Å²) in [6.45, 7) is 5.11. The van der Waals surface area contributed by atoms with E-state index < -0.39 is 0 Å². The van der Waals surface area contributed by atoms with Gasteiger partial charge in [0.15, 0.2) is 5.96 Å². The van der Waals surface area contributed by atoms with Gasteiger partial charge >= 0.3 is 0 Å². The van der Waals surface area contributed by atoms with E-state index in [0.29, 0.717) is 35.9 Å². The first-order valence-corrected chi connectivity index (χ1v) is 7.81. The Balaban J connectivity index is 0.00000288. The molecule has 24 heavy (non-hydrogen) atoms. The third-order valence-corrected chi connectivity index (χ3v) is 3.17. The van der Waals surface area contributed by atoms with Gasteiger partial charge in [0, 0.05) is 11.9 Å². The molecule has 0 amide bonds. The summed E-state index contributed by atoms with van der Waals surface area (Å²) in [6.07, 6.45) is 1.70. The molecule has 0 saturated heterocycles. The molecule has 3 N–H and O–H groups in total. The van der Waals surface area contributed by atoms with Crippen LogP contribution in [-0.4, -0.2) is 17.6 Å². The molecule has 2 aromatic rings. The first-order valence-electron chi connectivity index (χ1n) is 7.44. The van der Waals surface area contributed by atoms with E-state index in [1.165, 1.54) is 0 Å². The summed E-state index contributed by atoms with van der Waals surface area (Å²) >= 11 is 6.18. The third-order valence-electron chi connectivity index (χ3n) is 2.90. The fraction of sp³-hybridized carbons (Fsp3) is 0.294. The average Bonchev–Trinajstić information content (AvgIpc) is 2.53. The van der Waals surface area contributed by atoms with Gasteiger partial charge in [-0.05, 0) is 29.7 Å². The molecule has 5 nitrogen and oxygen atoms in total. The lowest BCUT2D eigenvalue weighted by molar-refractivity contribution is 0.261. The maximum Gasteiger partial charge on any atom is 0.232 e. The van der Waals surface area contributed by atoms with Crippen LogP contribution in [0.15, 0.2) is 47.6 Å². The number of nitrogens with two attached hydrogens (primary N) is 1. The zero-order valence-corrected chi connectivity index (χ0v) is 16.8. The number of aromatic nitrogens is 1. The number of hydrogen-bond acceptors (Lipinski definition) is 3. The highest BCUT2D eigenvalue weighted by atomic mass is 127. The SMILES string of the molecule is CC(C)COc1ncc(CN=C(N)Nc2ccccc2)cc1Cl.I. The topological polar surface area (TPSA) is 72.5 Å². The molecule has 0 saturated carbocycles. The van der Waals surface area contributed by atoms with Crippen molar-refractivity contribution in [1.29, 1.82) is 0 Å². The molecule has 1 aromatic heterocycles. The van der Waals surface area contributed by atoms with Gasteiger partial charge < -0.3 is 15.8 Å². The molecular formula is C17H22ClIN4O. The Bertz CT molecular complexity index is 665. The van der Waals surface area contributed by atoms with Crippen molar-refractivity contribution >= 4 is 47.2 Å². The fourth-order valence-electron chi connectivity index (χ4n) is 1.79. The van der Waals surface area contributed by atoms with Crippen LogP contribution >= 0.6 is 35.6 Å². The second kappa shape index (κ2) is 10.4. The van der Waals surface area contributed by atoms with E-state index in [2.05, 4.69) is 29.1 Å². The summed E-state index contributed by atoms with van der Waals surface area (Å²) in [7, 11) is 0. The number of nitrogens with zero attached hydrogens (tertiary/aromatic N) is 2. The summed E-state index contributed by atoms with van der Waals surface area (Å²) < 4.78 is 5.54. The minimum atomic E-state index is 0. The van der Waals surface area contributed by atoms with Crippen molar-refractivity contribution in [3.63, 3.8) is 0 Å². The van der Waals surface area contributed by atoms with Gasteiger partial charge in [-0.2, -0.15) is 0 Å². The second-order valence-corrected chi connectivity index (χ2v) is 5.94. The predicted octanol–water partition coefficient (Wildman–Crippen LogP) is 4.31. The number of halogens is 2. The molecule has 0 unspecified atom stereocenters. The second-order valence-electron chi connectivity index (χ2n) is 5.53. The van der Waals surface area contributed by atoms with Crippen molar-refractivity contribution < 1.29 is 4.74 Å². The van der Waals surface area contributed by atoms with Crippen LogP contribution in [-0.2, 0) is 6.54 Å². The lowest BCUT2D eigenvalue weighted by Gasteiger charge is -2.10. The van der Waals surface area contributed by atoms with Gasteiger partial charge in [0.25, 0.3) is 0 Å². The highest BCUT2D eigenvalue weighted by molar-refractivity contribution is 14.0. The van der Waals surface area contributed by atoms with E-state index >= 15 is 0 Å². The normalized spacial score (nSPS) is 11.1. The van der Waals surface area contributed by atoms with E-state index in [-0.39, 0.29) is 24.0 Å². The van der Waals surface area contributed by atoms with E-state index in [1.54, 1.807) is 12.3 Å². The van der Waals surface area contributed by atoms with Crippen LogP contribution in [0.2, 0.25) is 5.02 Å². The molecule has 0 bridgehead atoms. The first kappa shape index (κ1) is 20.5. The molecule has 0 radical (unpaired) electrons. The molecule has 130 valence electrons. The maximum absolute atomic E-state index is 6.18. The Labute approximate surface area is 164 Å². The molecule has 1 aromatic carbocycles. The number of hydrogen-bond donors (Lipinski definition) is 2. The molecule has 0 aliphatic carbocycles. The number of aliphatic imine (C=N–C) groups is 1. The van der Waals surface area contributed by atoms with E-state index in [1.807, 2.05) is 30.3 Å². The monoisotopic (exact) mass is 460 g/mol. The van der Waals surface area contributed by atoms with Crippen molar-refractivity contribution in [2.45, 2.75) is 20.4 Å². The average molecular weight is 461 g/mol. The van der Waals surface area contributed by atoms with Crippen LogP contribution in [0.5, 0.6) is 5.88 Å². The van der Waals surface area contributed by atoms with Crippen molar-refractivity contribution in [1.82, 2.24) is 4.98 Å². The molecule has 0 atom stereocenters. The molecular weight excluding hydrogens is 439 g/mol. The highest BCUT2D eigenvalue weighted by Gasteiger charge is 2.06. The van der Waals surface area contributed by atoms with Crippen LogP contribution in [0.1, 0.15) is 19.4 Å². The van der Waals surface area contributed by atoms with Crippen molar-refractivity contribution in [2.75, 3.05) is 11.9 Å². The Morgan fingerprint density at radius 1 is 1.33 bits per heavy atom. The summed E-state index contributed by atoms with van der Waals surface area (Å²) in [5.41, 5.74) is 7.62. The molecule has 1 heterocycles. The standard InChI is InChI=1S/C17H21ClN4O.HI/c1-12(2)11-23-16-15(18)8-13(9-20-16)10-21-17(19)22-14-6-4-3-5-7-14;/h3-9,12H,10-11H2,1-2H3,(H3,19,21,22);1H. The molecule has 0 fully saturated rings. The predicted molar refractivity (Wildman–Crippen MR) is 110 cm³/mol. The van der Waals surface area contributed by atoms with Crippen LogP contribution in [0.25, 0.3) is 0 Å². The zero-order valence-electron chi connectivity index (χ0n) is 13.7. The minimum absolute atomic E-state index is 0. The first-order chi connectivity index (χ1) is 11.0. The molecule has 0 aliphatic rings. The molecule has 7 heteroatoms. The Morgan fingerprint density at radius 3 is 2.67 bits per heavy atom. The summed E-state index contributed by atoms with van der Waals surface area (Å²) in [4.78, 5) is 8.51. The number of rotatable bonds is 6. The van der Waals surface area contributed by atoms with Crippen LogP contribution in [0, 0.1) is 5.92 Å². The Morgan fingerprint density at radius 2 is 2.04 bits per heavy atom. The lowest BCUT2D eigenvalue weighted by Crippen LogP contribution is -2.22. The number of benzene rings is 1. The summed E-state index contributed by atoms with van der Waals surface area (Å²) in [5.74, 6) is 1.21. The minimum Gasteiger partial charge on any atom is -0.476 e. The number of para-hydroxylation sites is 1. The smallest absolute Gasteiger partial charge is 0.232 e. The lowest BCUT2D eigenvalue weighted by atomic mass is 10.2. The van der Waals surface area contributed by atoms with Crippen molar-refractivity contribution in [3.8, 4) is 5.88 Å². The van der Waals surface area contributed by atoms with Gasteiger partial charge in [0.1, 0.15) is 5.02 Å². The van der Waals surface area contributed by atoms with E-state index in [4.69, 9.17) is 22.1 Å². The van der Waals surface area contributed by atoms with Crippen LogP contribution < -0.4 is 15.8 Å². The van der Waals surface area contributed by atoms with Gasteiger partial charge in [-0.1, -0.05) is 43.6 Å². The van der Waals surface area contributed by atoms with Gasteiger partial charge in [-0.15, -0.1) is 24.0 Å². The molecule has 0 aliphatic heterocycles. The van der Waals surface area contributed by atoms with Crippen molar-refractivity contribution in [3.05, 3.63) is 53.2 Å². The molecule has 2 rings (SSSR count). The van der Waals surface area contributed by atoms with Crippen LogP contribution in [0.3, 0.4) is 0 Å². The molecule has 0 spiro atoms.